The number of fused-ring (bicyclic) bond motifs is 1. The van der Waals surface area contributed by atoms with Crippen LogP contribution in [0.2, 0.25) is 0 Å². The molecule has 102 valence electrons. The van der Waals surface area contributed by atoms with E-state index >= 15 is 0 Å². The Bertz CT molecular complexity index is 723. The molecular weight excluding hydrogens is 379 g/mol. The maximum Gasteiger partial charge on any atom is 0.0511 e. The quantitative estimate of drug-likeness (QED) is 0.395. The molecule has 0 spiro atoms. The van der Waals surface area contributed by atoms with E-state index in [0.717, 1.165) is 6.42 Å². The van der Waals surface area contributed by atoms with E-state index in [4.69, 9.17) is 5.84 Å². The van der Waals surface area contributed by atoms with Crippen molar-refractivity contribution in [1.82, 2.24) is 5.43 Å². The van der Waals surface area contributed by atoms with Gasteiger partial charge in [0.15, 0.2) is 0 Å². The van der Waals surface area contributed by atoms with Gasteiger partial charge in [-0.2, -0.15) is 0 Å². The van der Waals surface area contributed by atoms with Crippen LogP contribution in [0.1, 0.15) is 17.2 Å². The fourth-order valence-corrected chi connectivity index (χ4v) is 4.17. The summed E-state index contributed by atoms with van der Waals surface area (Å²) in [5, 5.41) is 3.58. The topological polar surface area (TPSA) is 38.0 Å². The molecule has 2 nitrogen and oxygen atoms in total. The lowest BCUT2D eigenvalue weighted by Crippen LogP contribution is -2.30. The summed E-state index contributed by atoms with van der Waals surface area (Å²) in [7, 11) is 0. The Hall–Kier alpha value is -0.950. The third-order valence-electron chi connectivity index (χ3n) is 3.47. The SMILES string of the molecule is NNC(Cc1csc2ccccc12)c1ccccc1I. The van der Waals surface area contributed by atoms with Crippen molar-refractivity contribution in [3.05, 3.63) is 68.6 Å². The number of benzene rings is 2. The fraction of sp³-hybridized carbons (Fsp3) is 0.125. The van der Waals surface area contributed by atoms with E-state index in [9.17, 15) is 0 Å². The predicted octanol–water partition coefficient (Wildman–Crippen LogP) is 4.25. The van der Waals surface area contributed by atoms with E-state index in [1.54, 1.807) is 11.3 Å². The standard InChI is InChI=1S/C16H15IN2S/c17-14-7-3-1-6-13(14)15(19-18)9-11-10-20-16-8-4-2-5-12(11)16/h1-8,10,15,19H,9,18H2. The van der Waals surface area contributed by atoms with E-state index in [1.165, 1.54) is 24.8 Å². The van der Waals surface area contributed by atoms with Crippen molar-refractivity contribution in [2.45, 2.75) is 12.5 Å². The monoisotopic (exact) mass is 394 g/mol. The summed E-state index contributed by atoms with van der Waals surface area (Å²) in [6.45, 7) is 0. The molecule has 0 saturated carbocycles. The van der Waals surface area contributed by atoms with E-state index in [1.807, 2.05) is 0 Å². The highest BCUT2D eigenvalue weighted by molar-refractivity contribution is 14.1. The number of nitrogens with one attached hydrogen (secondary N) is 1. The van der Waals surface area contributed by atoms with Crippen LogP contribution >= 0.6 is 33.9 Å². The summed E-state index contributed by atoms with van der Waals surface area (Å²) in [6, 6.07) is 17.0. The third kappa shape index (κ3) is 2.74. The maximum absolute atomic E-state index is 5.78. The van der Waals surface area contributed by atoms with Gasteiger partial charge in [-0.25, -0.2) is 0 Å². The molecule has 0 aliphatic rings. The summed E-state index contributed by atoms with van der Waals surface area (Å²) in [5.74, 6) is 5.78. The first kappa shape index (κ1) is 14.0. The molecule has 0 saturated heterocycles. The molecule has 3 aromatic rings. The van der Waals surface area contributed by atoms with Crippen LogP contribution in [0.4, 0.5) is 0 Å². The van der Waals surface area contributed by atoms with Gasteiger partial charge in [0.05, 0.1) is 6.04 Å². The summed E-state index contributed by atoms with van der Waals surface area (Å²) in [6.07, 6.45) is 0.903. The van der Waals surface area contributed by atoms with Crippen LogP contribution in [0.3, 0.4) is 0 Å². The Labute approximate surface area is 136 Å². The van der Waals surface area contributed by atoms with Gasteiger partial charge in [-0.3, -0.25) is 11.3 Å². The fourth-order valence-electron chi connectivity index (χ4n) is 2.43. The Morgan fingerprint density at radius 3 is 2.65 bits per heavy atom. The van der Waals surface area contributed by atoms with Gasteiger partial charge in [-0.15, -0.1) is 11.3 Å². The van der Waals surface area contributed by atoms with Gasteiger partial charge in [0.2, 0.25) is 0 Å². The molecule has 4 heteroatoms. The van der Waals surface area contributed by atoms with Gasteiger partial charge in [-0.1, -0.05) is 36.4 Å². The minimum Gasteiger partial charge on any atom is -0.271 e. The van der Waals surface area contributed by atoms with Crippen LogP contribution in [0.15, 0.2) is 53.9 Å². The first-order valence-electron chi connectivity index (χ1n) is 6.45. The van der Waals surface area contributed by atoms with Crippen molar-refractivity contribution >= 4 is 44.0 Å². The Kier molecular flexibility index (Phi) is 4.35. The van der Waals surface area contributed by atoms with Crippen LogP contribution in [0, 0.1) is 3.57 Å². The van der Waals surface area contributed by atoms with Crippen LogP contribution in [-0.4, -0.2) is 0 Å². The maximum atomic E-state index is 5.78. The normalized spacial score (nSPS) is 12.7. The Morgan fingerprint density at radius 1 is 1.10 bits per heavy atom. The average molecular weight is 394 g/mol. The highest BCUT2D eigenvalue weighted by Crippen LogP contribution is 2.30. The van der Waals surface area contributed by atoms with Crippen molar-refractivity contribution in [2.24, 2.45) is 5.84 Å². The minimum absolute atomic E-state index is 0.140. The number of hydrazine groups is 1. The first-order valence-corrected chi connectivity index (χ1v) is 8.41. The van der Waals surface area contributed by atoms with Gasteiger partial charge >= 0.3 is 0 Å². The lowest BCUT2D eigenvalue weighted by Gasteiger charge is -2.17. The van der Waals surface area contributed by atoms with Crippen molar-refractivity contribution in [1.29, 1.82) is 0 Å². The molecule has 1 heterocycles. The molecule has 0 fully saturated rings. The van der Waals surface area contributed by atoms with E-state index < -0.39 is 0 Å². The molecule has 0 aliphatic heterocycles. The van der Waals surface area contributed by atoms with Crippen LogP contribution in [-0.2, 0) is 6.42 Å². The van der Waals surface area contributed by atoms with Gasteiger partial charge in [0, 0.05) is 8.27 Å². The zero-order valence-electron chi connectivity index (χ0n) is 10.8. The highest BCUT2D eigenvalue weighted by atomic mass is 127. The molecule has 2 aromatic carbocycles. The lowest BCUT2D eigenvalue weighted by atomic mass is 9.99. The van der Waals surface area contributed by atoms with E-state index in [-0.39, 0.29) is 6.04 Å². The summed E-state index contributed by atoms with van der Waals surface area (Å²) >= 11 is 4.16. The molecule has 20 heavy (non-hydrogen) atoms. The average Bonchev–Trinajstić information content (AvgIpc) is 2.89. The molecule has 0 radical (unpaired) electrons. The lowest BCUT2D eigenvalue weighted by molar-refractivity contribution is 0.552. The molecule has 1 aromatic heterocycles. The Morgan fingerprint density at radius 2 is 1.85 bits per heavy atom. The molecule has 3 N–H and O–H groups in total. The molecular formula is C16H15IN2S. The Balaban J connectivity index is 1.94. The first-order chi connectivity index (χ1) is 9.79. The second-order valence-corrected chi connectivity index (χ2v) is 6.78. The summed E-state index contributed by atoms with van der Waals surface area (Å²) in [4.78, 5) is 0. The largest absolute Gasteiger partial charge is 0.271 e. The van der Waals surface area contributed by atoms with Crippen LogP contribution in [0.5, 0.6) is 0 Å². The van der Waals surface area contributed by atoms with Gasteiger partial charge in [0.1, 0.15) is 0 Å². The van der Waals surface area contributed by atoms with Crippen molar-refractivity contribution in [2.75, 3.05) is 0 Å². The smallest absolute Gasteiger partial charge is 0.0511 e. The highest BCUT2D eigenvalue weighted by Gasteiger charge is 2.15. The van der Waals surface area contributed by atoms with Crippen molar-refractivity contribution in [3.8, 4) is 0 Å². The molecule has 0 aliphatic carbocycles. The molecule has 1 unspecified atom stereocenters. The van der Waals surface area contributed by atoms with Crippen molar-refractivity contribution < 1.29 is 0 Å². The molecule has 3 rings (SSSR count). The zero-order chi connectivity index (χ0) is 13.9. The van der Waals surface area contributed by atoms with E-state index in [0.29, 0.717) is 0 Å². The summed E-state index contributed by atoms with van der Waals surface area (Å²) < 4.78 is 2.58. The second kappa shape index (κ2) is 6.22. The number of rotatable bonds is 4. The second-order valence-electron chi connectivity index (χ2n) is 4.70. The third-order valence-corrected chi connectivity index (χ3v) is 5.46. The number of hydrogen-bond acceptors (Lipinski definition) is 3. The minimum atomic E-state index is 0.140. The molecule has 1 atom stereocenters. The molecule has 0 amide bonds. The number of nitrogens with two attached hydrogens (primary N) is 1. The van der Waals surface area contributed by atoms with Gasteiger partial charge in [0.25, 0.3) is 0 Å². The number of hydrogen-bond donors (Lipinski definition) is 2. The molecule has 0 bridgehead atoms. The van der Waals surface area contributed by atoms with Crippen molar-refractivity contribution in [3.63, 3.8) is 0 Å². The van der Waals surface area contributed by atoms with E-state index in [2.05, 4.69) is 81.9 Å². The van der Waals surface area contributed by atoms with Crippen LogP contribution in [0.25, 0.3) is 10.1 Å². The van der Waals surface area contributed by atoms with Crippen LogP contribution < -0.4 is 11.3 Å². The zero-order valence-corrected chi connectivity index (χ0v) is 13.8. The predicted molar refractivity (Wildman–Crippen MR) is 94.8 cm³/mol. The van der Waals surface area contributed by atoms with Gasteiger partial charge < -0.3 is 0 Å². The number of thiophene rings is 1. The summed E-state index contributed by atoms with van der Waals surface area (Å²) in [5.41, 5.74) is 5.57. The van der Waals surface area contributed by atoms with Gasteiger partial charge in [-0.05, 0) is 63.0 Å². The number of halogens is 1.